The van der Waals surface area contributed by atoms with Crippen molar-refractivity contribution >= 4 is 5.97 Å². The van der Waals surface area contributed by atoms with E-state index in [0.29, 0.717) is 6.04 Å². The molecule has 0 spiro atoms. The zero-order chi connectivity index (χ0) is 21.1. The molecule has 0 unspecified atom stereocenters. The minimum Gasteiger partial charge on any atom is -0.497 e. The third-order valence-electron chi connectivity index (χ3n) is 7.51. The Labute approximate surface area is 181 Å². The lowest BCUT2D eigenvalue weighted by molar-refractivity contribution is -0.140. The van der Waals surface area contributed by atoms with Crippen LogP contribution < -0.4 is 10.1 Å². The first-order chi connectivity index (χ1) is 14.5. The molecule has 1 heterocycles. The van der Waals surface area contributed by atoms with Crippen LogP contribution in [0.4, 0.5) is 0 Å². The number of carboxylic acids is 1. The monoisotopic (exact) mass is 414 g/mol. The van der Waals surface area contributed by atoms with Crippen molar-refractivity contribution in [2.45, 2.75) is 76.3 Å². The lowest BCUT2D eigenvalue weighted by Crippen LogP contribution is -2.46. The highest BCUT2D eigenvalue weighted by atomic mass is 16.5. The van der Waals surface area contributed by atoms with Gasteiger partial charge in [-0.2, -0.15) is 0 Å². The van der Waals surface area contributed by atoms with Crippen molar-refractivity contribution in [2.24, 2.45) is 11.8 Å². The number of likely N-dealkylation sites (tertiary alicyclic amines) is 1. The summed E-state index contributed by atoms with van der Waals surface area (Å²) in [5, 5.41) is 12.6. The Hall–Kier alpha value is -1.59. The highest BCUT2D eigenvalue weighted by molar-refractivity contribution is 5.82. The molecule has 1 saturated heterocycles. The molecular weight excluding hydrogens is 376 g/mol. The van der Waals surface area contributed by atoms with E-state index in [0.717, 1.165) is 56.2 Å². The van der Waals surface area contributed by atoms with Gasteiger partial charge in [-0.25, -0.2) is 0 Å². The Morgan fingerprint density at radius 3 is 2.73 bits per heavy atom. The van der Waals surface area contributed by atoms with Gasteiger partial charge in [0, 0.05) is 12.6 Å². The molecule has 0 radical (unpaired) electrons. The van der Waals surface area contributed by atoms with Gasteiger partial charge in [0.05, 0.1) is 7.11 Å². The summed E-state index contributed by atoms with van der Waals surface area (Å²) < 4.78 is 5.50. The average Bonchev–Trinajstić information content (AvgIpc) is 3.65. The second-order valence-corrected chi connectivity index (χ2v) is 9.88. The van der Waals surface area contributed by atoms with Gasteiger partial charge in [0.25, 0.3) is 0 Å². The largest absolute Gasteiger partial charge is 0.497 e. The van der Waals surface area contributed by atoms with Gasteiger partial charge in [-0.15, -0.1) is 0 Å². The molecule has 1 aromatic carbocycles. The van der Waals surface area contributed by atoms with Crippen LogP contribution in [0.2, 0.25) is 0 Å². The summed E-state index contributed by atoms with van der Waals surface area (Å²) in [4.78, 5) is 14.1. The summed E-state index contributed by atoms with van der Waals surface area (Å²) in [6.45, 7) is 5.70. The van der Waals surface area contributed by atoms with Crippen molar-refractivity contribution < 1.29 is 14.6 Å². The fraction of sp³-hybridized carbons (Fsp3) is 0.720. The predicted molar refractivity (Wildman–Crippen MR) is 119 cm³/mol. The number of benzene rings is 1. The van der Waals surface area contributed by atoms with E-state index >= 15 is 0 Å². The first-order valence-corrected chi connectivity index (χ1v) is 11.9. The van der Waals surface area contributed by atoms with Crippen LogP contribution in [0.5, 0.6) is 5.75 Å². The van der Waals surface area contributed by atoms with Crippen LogP contribution in [-0.4, -0.2) is 54.3 Å². The fourth-order valence-corrected chi connectivity index (χ4v) is 5.11. The van der Waals surface area contributed by atoms with Crippen molar-refractivity contribution in [1.82, 2.24) is 10.2 Å². The second-order valence-electron chi connectivity index (χ2n) is 9.88. The smallest absolute Gasteiger partial charge is 0.323 e. The lowest BCUT2D eigenvalue weighted by Gasteiger charge is -2.40. The Balaban J connectivity index is 1.40. The number of aliphatic carboxylic acids is 1. The Bertz CT molecular complexity index is 742. The van der Waals surface area contributed by atoms with Gasteiger partial charge >= 0.3 is 5.97 Å². The molecule has 166 valence electrons. The molecule has 0 bridgehead atoms. The van der Waals surface area contributed by atoms with Gasteiger partial charge < -0.3 is 15.2 Å². The van der Waals surface area contributed by atoms with E-state index in [1.54, 1.807) is 7.11 Å². The van der Waals surface area contributed by atoms with Crippen molar-refractivity contribution in [3.05, 3.63) is 29.3 Å². The minimum atomic E-state index is -0.702. The normalized spacial score (nSPS) is 25.8. The first-order valence-electron chi connectivity index (χ1n) is 11.9. The quantitative estimate of drug-likeness (QED) is 0.538. The van der Waals surface area contributed by atoms with E-state index in [2.05, 4.69) is 35.3 Å². The zero-order valence-corrected chi connectivity index (χ0v) is 18.7. The van der Waals surface area contributed by atoms with E-state index in [9.17, 15) is 9.90 Å². The molecule has 2 N–H and O–H groups in total. The molecule has 3 aliphatic rings. The molecule has 3 fully saturated rings. The van der Waals surface area contributed by atoms with Gasteiger partial charge in [-0.05, 0) is 106 Å². The second kappa shape index (κ2) is 9.27. The molecular formula is C25H38N2O3. The third kappa shape index (κ3) is 5.17. The molecule has 5 heteroatoms. The highest BCUT2D eigenvalue weighted by Crippen LogP contribution is 2.36. The molecule has 2 atom stereocenters. The van der Waals surface area contributed by atoms with Crippen molar-refractivity contribution in [3.63, 3.8) is 0 Å². The zero-order valence-electron chi connectivity index (χ0n) is 18.7. The number of carbonyl (C=O) groups is 1. The summed E-state index contributed by atoms with van der Waals surface area (Å²) >= 11 is 0. The van der Waals surface area contributed by atoms with Gasteiger partial charge in [-0.3, -0.25) is 9.69 Å². The number of methoxy groups -OCH3 is 1. The predicted octanol–water partition coefficient (Wildman–Crippen LogP) is 3.89. The Morgan fingerprint density at radius 2 is 2.07 bits per heavy atom. The number of ether oxygens (including phenoxy) is 1. The number of nitrogens with one attached hydrogen (secondary N) is 1. The SMILES string of the molecule is COc1ccc(C[C@@H]2[C@H](C)CCCN2CC2CC2)c(CCCNC2(C(=O)O)CC2)c1. The number of hydrogen-bond acceptors (Lipinski definition) is 4. The van der Waals surface area contributed by atoms with Crippen molar-refractivity contribution in [2.75, 3.05) is 26.7 Å². The molecule has 1 aromatic rings. The molecule has 2 saturated carbocycles. The minimum absolute atomic E-state index is 0.631. The van der Waals surface area contributed by atoms with Crippen LogP contribution in [-0.2, 0) is 17.6 Å². The summed E-state index contributed by atoms with van der Waals surface area (Å²) in [7, 11) is 1.73. The molecule has 0 amide bonds. The van der Waals surface area contributed by atoms with Gasteiger partial charge in [-0.1, -0.05) is 13.0 Å². The average molecular weight is 415 g/mol. The van der Waals surface area contributed by atoms with E-state index < -0.39 is 11.5 Å². The first kappa shape index (κ1) is 21.6. The van der Waals surface area contributed by atoms with E-state index in [-0.39, 0.29) is 0 Å². The number of nitrogens with zero attached hydrogens (tertiary/aromatic N) is 1. The Kier molecular flexibility index (Phi) is 6.69. The summed E-state index contributed by atoms with van der Waals surface area (Å²) in [5.41, 5.74) is 2.16. The number of piperidine rings is 1. The standard InChI is InChI=1S/C25H38N2O3/c1-18-5-4-14-27(17-19-7-8-19)23(18)16-21-9-10-22(30-2)15-20(21)6-3-13-26-25(11-12-25)24(28)29/h9-10,15,18-19,23,26H,3-8,11-14,16-17H2,1-2H3,(H,28,29)/t18-,23-/m1/s1. The van der Waals surface area contributed by atoms with Gasteiger partial charge in [0.1, 0.15) is 11.3 Å². The maximum atomic E-state index is 11.4. The molecule has 4 rings (SSSR count). The van der Waals surface area contributed by atoms with Gasteiger partial charge in [0.2, 0.25) is 0 Å². The van der Waals surface area contributed by atoms with Crippen LogP contribution in [0.15, 0.2) is 18.2 Å². The number of hydrogen-bond donors (Lipinski definition) is 2. The molecule has 1 aliphatic heterocycles. The van der Waals surface area contributed by atoms with Crippen LogP contribution in [0, 0.1) is 11.8 Å². The molecule has 30 heavy (non-hydrogen) atoms. The topological polar surface area (TPSA) is 61.8 Å². The van der Waals surface area contributed by atoms with Crippen LogP contribution in [0.3, 0.4) is 0 Å². The summed E-state index contributed by atoms with van der Waals surface area (Å²) in [5.74, 6) is 1.88. The van der Waals surface area contributed by atoms with Crippen LogP contribution >= 0.6 is 0 Å². The lowest BCUT2D eigenvalue weighted by atomic mass is 9.85. The number of carboxylic acid groups (broad SMARTS) is 1. The third-order valence-corrected chi connectivity index (χ3v) is 7.51. The number of rotatable bonds is 11. The van der Waals surface area contributed by atoms with E-state index in [1.165, 1.54) is 49.9 Å². The summed E-state index contributed by atoms with van der Waals surface area (Å²) in [6.07, 6.45) is 10.0. The van der Waals surface area contributed by atoms with E-state index in [1.807, 2.05) is 0 Å². The molecule has 2 aliphatic carbocycles. The Morgan fingerprint density at radius 1 is 1.27 bits per heavy atom. The van der Waals surface area contributed by atoms with Crippen molar-refractivity contribution in [3.8, 4) is 5.75 Å². The van der Waals surface area contributed by atoms with E-state index in [4.69, 9.17) is 4.74 Å². The van der Waals surface area contributed by atoms with Gasteiger partial charge in [0.15, 0.2) is 0 Å². The molecule has 0 aromatic heterocycles. The molecule has 5 nitrogen and oxygen atoms in total. The maximum Gasteiger partial charge on any atom is 0.323 e. The summed E-state index contributed by atoms with van der Waals surface area (Å²) in [6, 6.07) is 7.18. The fourth-order valence-electron chi connectivity index (χ4n) is 5.11. The number of aryl methyl sites for hydroxylation is 1. The van der Waals surface area contributed by atoms with Crippen LogP contribution in [0.1, 0.15) is 63.0 Å². The highest BCUT2D eigenvalue weighted by Gasteiger charge is 2.49. The van der Waals surface area contributed by atoms with Crippen LogP contribution in [0.25, 0.3) is 0 Å². The van der Waals surface area contributed by atoms with Crippen molar-refractivity contribution in [1.29, 1.82) is 0 Å². The maximum absolute atomic E-state index is 11.4.